The van der Waals surface area contributed by atoms with Crippen molar-refractivity contribution in [1.29, 1.82) is 5.26 Å². The number of piperidine rings is 1. The van der Waals surface area contributed by atoms with Gasteiger partial charge in [0.1, 0.15) is 6.42 Å². The lowest BCUT2D eigenvalue weighted by atomic mass is 10.1. The fraction of sp³-hybridized carbons (Fsp3) is 0.667. The van der Waals surface area contributed by atoms with E-state index in [0.717, 1.165) is 19.3 Å². The molecule has 1 heterocycles. The minimum Gasteiger partial charge on any atom is -0.375 e. The summed E-state index contributed by atoms with van der Waals surface area (Å²) in [6, 6.07) is 1.63. The number of rotatable bonds is 1. The molecule has 0 spiro atoms. The van der Waals surface area contributed by atoms with Crippen molar-refractivity contribution < 1.29 is 14.3 Å². The molecule has 0 aliphatic carbocycles. The summed E-state index contributed by atoms with van der Waals surface area (Å²) in [5, 5.41) is 8.18. The maximum atomic E-state index is 11.3. The van der Waals surface area contributed by atoms with Crippen molar-refractivity contribution in [3.63, 3.8) is 0 Å². The predicted molar refractivity (Wildman–Crippen MR) is 47.1 cm³/mol. The minimum absolute atomic E-state index is 0.375. The fourth-order valence-corrected chi connectivity index (χ4v) is 1.34. The van der Waals surface area contributed by atoms with Crippen molar-refractivity contribution in [2.75, 3.05) is 13.1 Å². The zero-order valence-corrected chi connectivity index (χ0v) is 7.86. The number of likely N-dealkylation sites (tertiary alicyclic amines) is 1. The van der Waals surface area contributed by atoms with E-state index in [-0.39, 0.29) is 6.42 Å². The molecule has 76 valence electrons. The first kappa shape index (κ1) is 10.5. The molecule has 0 aromatic carbocycles. The van der Waals surface area contributed by atoms with Crippen LogP contribution in [0.5, 0.6) is 0 Å². The van der Waals surface area contributed by atoms with Crippen LogP contribution in [0, 0.1) is 11.3 Å². The van der Waals surface area contributed by atoms with Gasteiger partial charge in [-0.15, -0.1) is 0 Å². The Balaban J connectivity index is 2.33. The number of hydrogen-bond acceptors (Lipinski definition) is 4. The monoisotopic (exact) mass is 196 g/mol. The first-order valence-electron chi connectivity index (χ1n) is 4.60. The summed E-state index contributed by atoms with van der Waals surface area (Å²) in [5.41, 5.74) is 0. The summed E-state index contributed by atoms with van der Waals surface area (Å²) in [5.74, 6) is -0.775. The van der Waals surface area contributed by atoms with Crippen LogP contribution in [-0.2, 0) is 9.53 Å². The highest BCUT2D eigenvalue weighted by Gasteiger charge is 2.20. The van der Waals surface area contributed by atoms with E-state index in [9.17, 15) is 9.59 Å². The Morgan fingerprint density at radius 3 is 2.50 bits per heavy atom. The van der Waals surface area contributed by atoms with Gasteiger partial charge in [0, 0.05) is 13.1 Å². The van der Waals surface area contributed by atoms with Crippen LogP contribution in [0.2, 0.25) is 0 Å². The molecule has 0 N–H and O–H groups in total. The summed E-state index contributed by atoms with van der Waals surface area (Å²) in [6.07, 6.45) is 2.00. The van der Waals surface area contributed by atoms with E-state index in [1.165, 1.54) is 4.90 Å². The van der Waals surface area contributed by atoms with Crippen LogP contribution in [0.15, 0.2) is 0 Å². The number of carbonyl (C=O) groups excluding carboxylic acids is 2. The Bertz CT molecular complexity index is 264. The predicted octanol–water partition coefficient (Wildman–Crippen LogP) is 1.05. The molecule has 1 fully saturated rings. The number of hydrogen-bond donors (Lipinski definition) is 0. The van der Waals surface area contributed by atoms with Crippen molar-refractivity contribution in [3.8, 4) is 6.07 Å². The van der Waals surface area contributed by atoms with E-state index in [0.29, 0.717) is 13.1 Å². The molecule has 14 heavy (non-hydrogen) atoms. The first-order chi connectivity index (χ1) is 6.74. The second-order valence-corrected chi connectivity index (χ2v) is 3.12. The molecule has 0 bridgehead atoms. The minimum atomic E-state index is -0.775. The molecule has 1 rings (SSSR count). The van der Waals surface area contributed by atoms with Crippen molar-refractivity contribution in [1.82, 2.24) is 4.90 Å². The normalized spacial score (nSPS) is 15.8. The average Bonchev–Trinajstić information content (AvgIpc) is 2.19. The molecule has 1 aliphatic heterocycles. The summed E-state index contributed by atoms with van der Waals surface area (Å²) in [6.45, 7) is 1.28. The second kappa shape index (κ2) is 5.22. The highest BCUT2D eigenvalue weighted by atomic mass is 16.6. The molecule has 0 saturated carbocycles. The zero-order valence-electron chi connectivity index (χ0n) is 7.86. The lowest BCUT2D eigenvalue weighted by Gasteiger charge is -2.24. The lowest BCUT2D eigenvalue weighted by Crippen LogP contribution is -2.37. The molecule has 0 atom stereocenters. The molecule has 0 aromatic heterocycles. The van der Waals surface area contributed by atoms with Gasteiger partial charge >= 0.3 is 12.1 Å². The van der Waals surface area contributed by atoms with E-state index >= 15 is 0 Å². The van der Waals surface area contributed by atoms with Gasteiger partial charge in [0.2, 0.25) is 0 Å². The summed E-state index contributed by atoms with van der Waals surface area (Å²) in [7, 11) is 0. The molecule has 0 unspecified atom stereocenters. The van der Waals surface area contributed by atoms with Gasteiger partial charge in [0.25, 0.3) is 0 Å². The highest BCUT2D eigenvalue weighted by Crippen LogP contribution is 2.09. The maximum Gasteiger partial charge on any atom is 0.417 e. The molecule has 0 aromatic rings. The zero-order chi connectivity index (χ0) is 10.4. The molecule has 1 saturated heterocycles. The lowest BCUT2D eigenvalue weighted by molar-refractivity contribution is -0.137. The van der Waals surface area contributed by atoms with Gasteiger partial charge in [-0.2, -0.15) is 5.26 Å². The quantitative estimate of drug-likeness (QED) is 0.464. The van der Waals surface area contributed by atoms with Gasteiger partial charge in [0.15, 0.2) is 0 Å². The van der Waals surface area contributed by atoms with Crippen molar-refractivity contribution in [2.45, 2.75) is 25.7 Å². The van der Waals surface area contributed by atoms with E-state index in [1.807, 2.05) is 0 Å². The molecule has 5 heteroatoms. The van der Waals surface area contributed by atoms with Crippen LogP contribution in [0.4, 0.5) is 4.79 Å². The van der Waals surface area contributed by atoms with Gasteiger partial charge in [-0.05, 0) is 19.3 Å². The highest BCUT2D eigenvalue weighted by molar-refractivity contribution is 5.85. The molecule has 1 aliphatic rings. The number of ether oxygens (including phenoxy) is 1. The third kappa shape index (κ3) is 3.05. The molecular weight excluding hydrogens is 184 g/mol. The summed E-state index contributed by atoms with van der Waals surface area (Å²) < 4.78 is 4.46. The van der Waals surface area contributed by atoms with Crippen LogP contribution in [0.1, 0.15) is 25.7 Å². The second-order valence-electron chi connectivity index (χ2n) is 3.12. The van der Waals surface area contributed by atoms with Crippen LogP contribution in [0.25, 0.3) is 0 Å². The van der Waals surface area contributed by atoms with E-state index in [4.69, 9.17) is 5.26 Å². The van der Waals surface area contributed by atoms with E-state index < -0.39 is 12.1 Å². The SMILES string of the molecule is N#CCC(=O)OC(=O)N1CCCCC1. The third-order valence-corrected chi connectivity index (χ3v) is 2.04. The Morgan fingerprint density at radius 1 is 1.29 bits per heavy atom. The van der Waals surface area contributed by atoms with Crippen molar-refractivity contribution in [3.05, 3.63) is 0 Å². The smallest absolute Gasteiger partial charge is 0.375 e. The Kier molecular flexibility index (Phi) is 3.92. The fourth-order valence-electron chi connectivity index (χ4n) is 1.34. The van der Waals surface area contributed by atoms with Crippen LogP contribution < -0.4 is 0 Å². The number of amides is 1. The Labute approximate surface area is 82.2 Å². The number of carbonyl (C=O) groups is 2. The van der Waals surface area contributed by atoms with Gasteiger partial charge in [-0.1, -0.05) is 0 Å². The van der Waals surface area contributed by atoms with Gasteiger partial charge in [-0.3, -0.25) is 4.79 Å². The van der Waals surface area contributed by atoms with Gasteiger partial charge in [0.05, 0.1) is 6.07 Å². The summed E-state index contributed by atoms with van der Waals surface area (Å²) in [4.78, 5) is 23.6. The van der Waals surface area contributed by atoms with Crippen LogP contribution in [-0.4, -0.2) is 30.1 Å². The van der Waals surface area contributed by atoms with E-state index in [1.54, 1.807) is 6.07 Å². The van der Waals surface area contributed by atoms with Crippen molar-refractivity contribution in [2.24, 2.45) is 0 Å². The average molecular weight is 196 g/mol. The Hall–Kier alpha value is -1.57. The summed E-state index contributed by atoms with van der Waals surface area (Å²) >= 11 is 0. The Morgan fingerprint density at radius 2 is 1.93 bits per heavy atom. The largest absolute Gasteiger partial charge is 0.417 e. The van der Waals surface area contributed by atoms with Crippen LogP contribution in [0.3, 0.4) is 0 Å². The van der Waals surface area contributed by atoms with Crippen LogP contribution >= 0.6 is 0 Å². The molecular formula is C9H12N2O3. The third-order valence-electron chi connectivity index (χ3n) is 2.04. The van der Waals surface area contributed by atoms with E-state index in [2.05, 4.69) is 4.74 Å². The first-order valence-corrected chi connectivity index (χ1v) is 4.60. The van der Waals surface area contributed by atoms with Crippen molar-refractivity contribution >= 4 is 12.1 Å². The molecule has 0 radical (unpaired) electrons. The number of esters is 1. The molecule has 5 nitrogen and oxygen atoms in total. The standard InChI is InChI=1S/C9H12N2O3/c10-5-4-8(12)14-9(13)11-6-2-1-3-7-11/h1-4,6-7H2. The van der Waals surface area contributed by atoms with Gasteiger partial charge in [-0.25, -0.2) is 4.79 Å². The maximum absolute atomic E-state index is 11.3. The van der Waals surface area contributed by atoms with Gasteiger partial charge < -0.3 is 9.64 Å². The number of nitrogens with zero attached hydrogens (tertiary/aromatic N) is 2. The number of nitriles is 1. The molecule has 1 amide bonds. The topological polar surface area (TPSA) is 70.4 Å².